The number of carbonyl (C=O) groups is 1. The van der Waals surface area contributed by atoms with Crippen molar-refractivity contribution in [3.8, 4) is 0 Å². The molecule has 0 saturated carbocycles. The second-order valence-electron chi connectivity index (χ2n) is 3.42. The molecule has 0 aliphatic carbocycles. The highest BCUT2D eigenvalue weighted by atomic mass is 35.5. The summed E-state index contributed by atoms with van der Waals surface area (Å²) in [6, 6.07) is 2.43. The maximum atomic E-state index is 11.2. The maximum Gasteiger partial charge on any atom is 0.276 e. The van der Waals surface area contributed by atoms with Crippen LogP contribution in [0.3, 0.4) is 0 Å². The van der Waals surface area contributed by atoms with Gasteiger partial charge in [0.05, 0.1) is 17.1 Å². The Morgan fingerprint density at radius 3 is 2.89 bits per heavy atom. The summed E-state index contributed by atoms with van der Waals surface area (Å²) in [6.45, 7) is 2.73. The third-order valence-corrected chi connectivity index (χ3v) is 2.22. The molecule has 0 aliphatic rings. The third kappa shape index (κ3) is 4.54. The van der Waals surface area contributed by atoms with Crippen LogP contribution in [0.1, 0.15) is 13.3 Å². The topological polar surface area (TPSA) is 97.2 Å². The van der Waals surface area contributed by atoms with Crippen molar-refractivity contribution in [2.45, 2.75) is 13.3 Å². The molecule has 1 amide bonds. The molecule has 0 spiro atoms. The molecule has 98 valence electrons. The van der Waals surface area contributed by atoms with Crippen LogP contribution in [0.15, 0.2) is 12.1 Å². The summed E-state index contributed by atoms with van der Waals surface area (Å²) in [5.41, 5.74) is -0.143. The van der Waals surface area contributed by atoms with Crippen molar-refractivity contribution in [3.05, 3.63) is 27.4 Å². The largest absolute Gasteiger partial charge is 0.369 e. The Balaban J connectivity index is 2.57. The van der Waals surface area contributed by atoms with Crippen LogP contribution in [0.5, 0.6) is 0 Å². The second-order valence-corrected chi connectivity index (χ2v) is 3.81. The molecule has 0 aromatic carbocycles. The lowest BCUT2D eigenvalue weighted by atomic mass is 10.3. The Labute approximate surface area is 109 Å². The van der Waals surface area contributed by atoms with E-state index in [0.29, 0.717) is 13.1 Å². The number of carbonyl (C=O) groups excluding carboxylic acids is 1. The number of halogens is 1. The first-order valence-electron chi connectivity index (χ1n) is 5.35. The average molecular weight is 273 g/mol. The fourth-order valence-corrected chi connectivity index (χ4v) is 1.47. The number of aromatic nitrogens is 1. The zero-order valence-corrected chi connectivity index (χ0v) is 10.5. The fourth-order valence-electron chi connectivity index (χ4n) is 1.27. The molecule has 1 aromatic rings. The summed E-state index contributed by atoms with van der Waals surface area (Å²) in [4.78, 5) is 25.1. The lowest BCUT2D eigenvalue weighted by Crippen LogP contribution is -2.24. The highest BCUT2D eigenvalue weighted by Gasteiger charge is 2.10. The lowest BCUT2D eigenvalue weighted by Gasteiger charge is -2.05. The molecular formula is C10H13ClN4O3. The molecule has 7 nitrogen and oxygen atoms in total. The molecule has 0 unspecified atom stereocenters. The van der Waals surface area contributed by atoms with E-state index in [1.54, 1.807) is 0 Å². The molecule has 0 radical (unpaired) electrons. The van der Waals surface area contributed by atoms with Gasteiger partial charge in [-0.1, -0.05) is 11.6 Å². The van der Waals surface area contributed by atoms with Crippen LogP contribution in [0, 0.1) is 10.1 Å². The lowest BCUT2D eigenvalue weighted by molar-refractivity contribution is -0.384. The third-order valence-electron chi connectivity index (χ3n) is 2.02. The van der Waals surface area contributed by atoms with E-state index in [2.05, 4.69) is 15.6 Å². The molecule has 0 saturated heterocycles. The zero-order chi connectivity index (χ0) is 13.5. The van der Waals surface area contributed by atoms with Crippen molar-refractivity contribution >= 4 is 29.0 Å². The summed E-state index contributed by atoms with van der Waals surface area (Å²) in [7, 11) is 0. The minimum Gasteiger partial charge on any atom is -0.369 e. The number of nitro groups is 1. The molecule has 0 atom stereocenters. The smallest absolute Gasteiger partial charge is 0.276 e. The van der Waals surface area contributed by atoms with Crippen molar-refractivity contribution in [2.24, 2.45) is 0 Å². The number of amides is 1. The van der Waals surface area contributed by atoms with Gasteiger partial charge in [-0.3, -0.25) is 14.9 Å². The number of anilines is 1. The van der Waals surface area contributed by atoms with E-state index in [-0.39, 0.29) is 29.0 Å². The van der Waals surface area contributed by atoms with E-state index >= 15 is 0 Å². The summed E-state index contributed by atoms with van der Waals surface area (Å²) < 4.78 is 0. The average Bonchev–Trinajstić information content (AvgIpc) is 2.28. The number of hydrogen-bond acceptors (Lipinski definition) is 5. The van der Waals surface area contributed by atoms with Crippen molar-refractivity contribution in [1.82, 2.24) is 10.3 Å². The zero-order valence-electron chi connectivity index (χ0n) is 9.77. The Morgan fingerprint density at radius 1 is 1.56 bits per heavy atom. The van der Waals surface area contributed by atoms with Gasteiger partial charge in [0, 0.05) is 19.5 Å². The highest BCUT2D eigenvalue weighted by Crippen LogP contribution is 2.20. The molecule has 8 heteroatoms. The van der Waals surface area contributed by atoms with Crippen LogP contribution in [0.2, 0.25) is 5.15 Å². The van der Waals surface area contributed by atoms with Gasteiger partial charge >= 0.3 is 0 Å². The Hall–Kier alpha value is -1.89. The van der Waals surface area contributed by atoms with Gasteiger partial charge in [0.2, 0.25) is 5.91 Å². The molecule has 1 rings (SSSR count). The van der Waals surface area contributed by atoms with Crippen molar-refractivity contribution in [2.75, 3.05) is 18.4 Å². The van der Waals surface area contributed by atoms with Gasteiger partial charge in [0.1, 0.15) is 11.0 Å². The van der Waals surface area contributed by atoms with E-state index in [9.17, 15) is 14.9 Å². The standard InChI is InChI=1S/C10H13ClN4O3/c1-2-12-10(16)3-4-13-9-6-7(15(17)18)5-8(11)14-9/h5-6H,2-4H2,1H3,(H,12,16)(H,13,14). The minimum absolute atomic E-state index is 0.0321. The molecule has 1 aromatic heterocycles. The molecule has 0 fully saturated rings. The molecular weight excluding hydrogens is 260 g/mol. The predicted molar refractivity (Wildman–Crippen MR) is 67.7 cm³/mol. The van der Waals surface area contributed by atoms with Crippen LogP contribution in [-0.4, -0.2) is 28.9 Å². The first kappa shape index (κ1) is 14.2. The normalized spacial score (nSPS) is 9.89. The quantitative estimate of drug-likeness (QED) is 0.465. The van der Waals surface area contributed by atoms with Crippen molar-refractivity contribution < 1.29 is 9.72 Å². The number of nitrogens with one attached hydrogen (secondary N) is 2. The molecule has 2 N–H and O–H groups in total. The van der Waals surface area contributed by atoms with Gasteiger partial charge in [-0.05, 0) is 6.92 Å². The van der Waals surface area contributed by atoms with Crippen molar-refractivity contribution in [3.63, 3.8) is 0 Å². The summed E-state index contributed by atoms with van der Waals surface area (Å²) in [6.07, 6.45) is 0.260. The SMILES string of the molecule is CCNC(=O)CCNc1cc([N+](=O)[O-])cc(Cl)n1. The Bertz CT molecular complexity index is 453. The highest BCUT2D eigenvalue weighted by molar-refractivity contribution is 6.29. The predicted octanol–water partition coefficient (Wildman–Crippen LogP) is 1.58. The van der Waals surface area contributed by atoms with Crippen molar-refractivity contribution in [1.29, 1.82) is 0 Å². The summed E-state index contributed by atoms with van der Waals surface area (Å²) in [5, 5.41) is 16.1. The first-order valence-corrected chi connectivity index (χ1v) is 5.73. The first-order chi connectivity index (χ1) is 8.52. The summed E-state index contributed by atoms with van der Waals surface area (Å²) >= 11 is 5.65. The van der Waals surface area contributed by atoms with E-state index in [1.165, 1.54) is 6.07 Å². The van der Waals surface area contributed by atoms with Crippen LogP contribution in [0.4, 0.5) is 11.5 Å². The number of nitrogens with zero attached hydrogens (tertiary/aromatic N) is 2. The number of hydrogen-bond donors (Lipinski definition) is 2. The van der Waals surface area contributed by atoms with Gasteiger partial charge in [0.25, 0.3) is 5.69 Å². The fraction of sp³-hybridized carbons (Fsp3) is 0.400. The molecule has 0 bridgehead atoms. The van der Waals surface area contributed by atoms with Crippen LogP contribution in [0.25, 0.3) is 0 Å². The summed E-state index contributed by atoms with van der Waals surface area (Å²) in [5.74, 6) is 0.181. The second kappa shape index (κ2) is 6.75. The van der Waals surface area contributed by atoms with Crippen LogP contribution >= 0.6 is 11.6 Å². The van der Waals surface area contributed by atoms with E-state index in [0.717, 1.165) is 6.07 Å². The maximum absolute atomic E-state index is 11.2. The van der Waals surface area contributed by atoms with Crippen LogP contribution in [-0.2, 0) is 4.79 Å². The molecule has 18 heavy (non-hydrogen) atoms. The number of rotatable bonds is 6. The van der Waals surface area contributed by atoms with Gasteiger partial charge < -0.3 is 10.6 Å². The Kier molecular flexibility index (Phi) is 5.31. The van der Waals surface area contributed by atoms with Gasteiger partial charge in [-0.2, -0.15) is 0 Å². The molecule has 1 heterocycles. The monoisotopic (exact) mass is 272 g/mol. The molecule has 0 aliphatic heterocycles. The Morgan fingerprint density at radius 2 is 2.28 bits per heavy atom. The van der Waals surface area contributed by atoms with E-state index in [4.69, 9.17) is 11.6 Å². The van der Waals surface area contributed by atoms with Gasteiger partial charge in [-0.25, -0.2) is 4.98 Å². The van der Waals surface area contributed by atoms with E-state index in [1.807, 2.05) is 6.92 Å². The number of pyridine rings is 1. The van der Waals surface area contributed by atoms with Gasteiger partial charge in [0.15, 0.2) is 0 Å². The van der Waals surface area contributed by atoms with Crippen LogP contribution < -0.4 is 10.6 Å². The van der Waals surface area contributed by atoms with Gasteiger partial charge in [-0.15, -0.1) is 0 Å². The van der Waals surface area contributed by atoms with E-state index < -0.39 is 4.92 Å². The minimum atomic E-state index is -0.553.